The molecule has 0 saturated heterocycles. The number of hydrogen-bond donors (Lipinski definition) is 1. The lowest BCUT2D eigenvalue weighted by molar-refractivity contribution is 0.0924. The third kappa shape index (κ3) is 2.92. The van der Waals surface area contributed by atoms with Crippen molar-refractivity contribution in [1.29, 1.82) is 0 Å². The molecule has 3 aromatic rings. The minimum Gasteiger partial charge on any atom is -0.355 e. The Morgan fingerprint density at radius 2 is 2.12 bits per heavy atom. The van der Waals surface area contributed by atoms with Gasteiger partial charge < -0.3 is 14.4 Å². The summed E-state index contributed by atoms with van der Waals surface area (Å²) >= 11 is 0. The Balaban J connectivity index is 1.42. The van der Waals surface area contributed by atoms with Crippen molar-refractivity contribution >= 4 is 5.91 Å². The first-order valence-electron chi connectivity index (χ1n) is 7.99. The van der Waals surface area contributed by atoms with E-state index >= 15 is 0 Å². The van der Waals surface area contributed by atoms with Gasteiger partial charge in [-0.1, -0.05) is 35.5 Å². The smallest absolute Gasteiger partial charge is 0.273 e. The molecule has 1 N–H and O–H groups in total. The molecule has 122 valence electrons. The number of benzene rings is 1. The van der Waals surface area contributed by atoms with Crippen molar-refractivity contribution in [2.24, 2.45) is 0 Å². The van der Waals surface area contributed by atoms with Crippen molar-refractivity contribution in [3.8, 4) is 11.3 Å². The van der Waals surface area contributed by atoms with Gasteiger partial charge in [0.15, 0.2) is 11.5 Å². The molecule has 1 amide bonds. The summed E-state index contributed by atoms with van der Waals surface area (Å²) in [7, 11) is 0. The predicted molar refractivity (Wildman–Crippen MR) is 86.2 cm³/mol. The van der Waals surface area contributed by atoms with Gasteiger partial charge in [-0.05, 0) is 12.8 Å². The van der Waals surface area contributed by atoms with Crippen LogP contribution in [0.25, 0.3) is 11.3 Å². The van der Waals surface area contributed by atoms with Crippen molar-refractivity contribution in [2.75, 3.05) is 0 Å². The van der Waals surface area contributed by atoms with E-state index < -0.39 is 0 Å². The molecule has 1 aliphatic rings. The van der Waals surface area contributed by atoms with Crippen LogP contribution in [-0.2, 0) is 13.0 Å². The highest BCUT2D eigenvalue weighted by molar-refractivity contribution is 5.93. The van der Waals surface area contributed by atoms with Crippen LogP contribution in [-0.4, -0.2) is 31.9 Å². The van der Waals surface area contributed by atoms with E-state index in [2.05, 4.69) is 20.7 Å². The van der Waals surface area contributed by atoms with E-state index in [1.54, 1.807) is 12.4 Å². The van der Waals surface area contributed by atoms with Crippen LogP contribution in [0.15, 0.2) is 47.2 Å². The standard InChI is InChI=1S/C17H17N5O2/c23-17(14-10-15(24-21-14)12-4-2-1-3-5-12)19-13-6-7-16-20-18-11-22(16)9-8-13/h1-5,10-11,13H,6-9H2,(H,19,23). The summed E-state index contributed by atoms with van der Waals surface area (Å²) in [5.74, 6) is 1.36. The van der Waals surface area contributed by atoms with Gasteiger partial charge in [0.05, 0.1) is 0 Å². The zero-order valence-corrected chi connectivity index (χ0v) is 13.1. The monoisotopic (exact) mass is 323 g/mol. The molecule has 0 saturated carbocycles. The maximum atomic E-state index is 12.4. The average molecular weight is 323 g/mol. The molecule has 1 unspecified atom stereocenters. The van der Waals surface area contributed by atoms with Crippen molar-refractivity contribution < 1.29 is 9.32 Å². The Morgan fingerprint density at radius 1 is 1.25 bits per heavy atom. The second-order valence-electron chi connectivity index (χ2n) is 5.88. The quantitative estimate of drug-likeness (QED) is 0.797. The third-order valence-corrected chi connectivity index (χ3v) is 4.27. The fraction of sp³-hybridized carbons (Fsp3) is 0.294. The van der Waals surface area contributed by atoms with E-state index in [-0.39, 0.29) is 11.9 Å². The van der Waals surface area contributed by atoms with E-state index in [1.807, 2.05) is 34.9 Å². The molecule has 1 aliphatic heterocycles. The van der Waals surface area contributed by atoms with Gasteiger partial charge in [0.25, 0.3) is 5.91 Å². The van der Waals surface area contributed by atoms with E-state index in [1.165, 1.54) is 0 Å². The molecular weight excluding hydrogens is 306 g/mol. The number of nitrogens with zero attached hydrogens (tertiary/aromatic N) is 4. The predicted octanol–water partition coefficient (Wildman–Crippen LogP) is 2.07. The van der Waals surface area contributed by atoms with Crippen LogP contribution >= 0.6 is 0 Å². The lowest BCUT2D eigenvalue weighted by atomic mass is 10.1. The van der Waals surface area contributed by atoms with Crippen molar-refractivity contribution in [1.82, 2.24) is 25.2 Å². The topological polar surface area (TPSA) is 85.8 Å². The highest BCUT2D eigenvalue weighted by Crippen LogP contribution is 2.20. The van der Waals surface area contributed by atoms with Gasteiger partial charge in [0.1, 0.15) is 12.2 Å². The van der Waals surface area contributed by atoms with E-state index in [9.17, 15) is 4.79 Å². The highest BCUT2D eigenvalue weighted by Gasteiger charge is 2.21. The molecule has 7 nitrogen and oxygen atoms in total. The summed E-state index contributed by atoms with van der Waals surface area (Å²) in [6.07, 6.45) is 4.23. The molecule has 0 fully saturated rings. The molecule has 7 heteroatoms. The normalized spacial score (nSPS) is 17.1. The first-order valence-corrected chi connectivity index (χ1v) is 7.99. The van der Waals surface area contributed by atoms with Crippen molar-refractivity contribution in [3.05, 3.63) is 54.2 Å². The molecular formula is C17H17N5O2. The average Bonchev–Trinajstić information content (AvgIpc) is 3.24. The van der Waals surface area contributed by atoms with Crippen molar-refractivity contribution in [2.45, 2.75) is 31.8 Å². The molecule has 24 heavy (non-hydrogen) atoms. The van der Waals surface area contributed by atoms with Gasteiger partial charge in [0.2, 0.25) is 0 Å². The van der Waals surface area contributed by atoms with Crippen LogP contribution < -0.4 is 5.32 Å². The Kier molecular flexibility index (Phi) is 3.82. The number of amides is 1. The van der Waals surface area contributed by atoms with E-state index in [4.69, 9.17) is 4.52 Å². The molecule has 4 rings (SSSR count). The summed E-state index contributed by atoms with van der Waals surface area (Å²) in [6.45, 7) is 0.807. The molecule has 0 bridgehead atoms. The van der Waals surface area contributed by atoms with Crippen LogP contribution in [0.5, 0.6) is 0 Å². The van der Waals surface area contributed by atoms with Crippen LogP contribution in [0.1, 0.15) is 29.2 Å². The minimum atomic E-state index is -0.205. The zero-order valence-electron chi connectivity index (χ0n) is 13.1. The Bertz CT molecular complexity index is 817. The largest absolute Gasteiger partial charge is 0.355 e. The SMILES string of the molecule is O=C(NC1CCc2nncn2CC1)c1cc(-c2ccccc2)on1. The van der Waals surface area contributed by atoms with Gasteiger partial charge in [-0.2, -0.15) is 0 Å². The summed E-state index contributed by atoms with van der Waals surface area (Å²) in [4.78, 5) is 12.4. The van der Waals surface area contributed by atoms with Crippen LogP contribution in [0.4, 0.5) is 0 Å². The fourth-order valence-corrected chi connectivity index (χ4v) is 2.93. The van der Waals surface area contributed by atoms with Gasteiger partial charge >= 0.3 is 0 Å². The summed E-state index contributed by atoms with van der Waals surface area (Å²) in [5.41, 5.74) is 1.20. The Morgan fingerprint density at radius 3 is 3.00 bits per heavy atom. The lowest BCUT2D eigenvalue weighted by Gasteiger charge is -2.14. The fourth-order valence-electron chi connectivity index (χ4n) is 2.93. The maximum Gasteiger partial charge on any atom is 0.273 e. The Labute approximate surface area is 138 Å². The summed E-state index contributed by atoms with van der Waals surface area (Å²) < 4.78 is 7.33. The van der Waals surface area contributed by atoms with E-state index in [0.717, 1.165) is 37.2 Å². The van der Waals surface area contributed by atoms with Gasteiger partial charge in [-0.25, -0.2) is 0 Å². The second-order valence-corrected chi connectivity index (χ2v) is 5.88. The summed E-state index contributed by atoms with van der Waals surface area (Å²) in [5, 5.41) is 15.0. The van der Waals surface area contributed by atoms with Crippen molar-refractivity contribution in [3.63, 3.8) is 0 Å². The number of aromatic nitrogens is 4. The minimum absolute atomic E-state index is 0.0936. The molecule has 1 atom stereocenters. The zero-order chi connectivity index (χ0) is 16.4. The van der Waals surface area contributed by atoms with Gasteiger partial charge in [0, 0.05) is 30.6 Å². The molecule has 2 aromatic heterocycles. The number of fused-ring (bicyclic) bond motifs is 1. The maximum absolute atomic E-state index is 12.4. The second kappa shape index (κ2) is 6.27. The third-order valence-electron chi connectivity index (χ3n) is 4.27. The molecule has 0 aliphatic carbocycles. The van der Waals surface area contributed by atoms with E-state index in [0.29, 0.717) is 11.5 Å². The van der Waals surface area contributed by atoms with Crippen LogP contribution in [0.2, 0.25) is 0 Å². The molecule has 3 heterocycles. The number of aryl methyl sites for hydroxylation is 2. The molecule has 1 aromatic carbocycles. The number of nitrogens with one attached hydrogen (secondary N) is 1. The number of carbonyl (C=O) groups is 1. The number of carbonyl (C=O) groups excluding carboxylic acids is 1. The molecule has 0 radical (unpaired) electrons. The highest BCUT2D eigenvalue weighted by atomic mass is 16.5. The first kappa shape index (κ1) is 14.6. The lowest BCUT2D eigenvalue weighted by Crippen LogP contribution is -2.35. The number of rotatable bonds is 3. The Hall–Kier alpha value is -2.96. The molecule has 0 spiro atoms. The van der Waals surface area contributed by atoms with Gasteiger partial charge in [-0.3, -0.25) is 4.79 Å². The number of hydrogen-bond acceptors (Lipinski definition) is 5. The van der Waals surface area contributed by atoms with Crippen LogP contribution in [0.3, 0.4) is 0 Å². The first-order chi connectivity index (χ1) is 11.8. The summed E-state index contributed by atoms with van der Waals surface area (Å²) in [6, 6.07) is 11.4. The van der Waals surface area contributed by atoms with Crippen LogP contribution in [0, 0.1) is 0 Å². The van der Waals surface area contributed by atoms with Gasteiger partial charge in [-0.15, -0.1) is 10.2 Å².